The number of rotatable bonds is 5. The summed E-state index contributed by atoms with van der Waals surface area (Å²) >= 11 is 0. The van der Waals surface area contributed by atoms with E-state index in [-0.39, 0.29) is 5.97 Å². The lowest BCUT2D eigenvalue weighted by Gasteiger charge is -2.21. The van der Waals surface area contributed by atoms with Gasteiger partial charge in [0, 0.05) is 6.92 Å². The zero-order chi connectivity index (χ0) is 16.1. The highest BCUT2D eigenvalue weighted by Gasteiger charge is 2.21. The van der Waals surface area contributed by atoms with Crippen LogP contribution < -0.4 is 9.47 Å². The third kappa shape index (κ3) is 4.12. The Bertz CT molecular complexity index is 646. The van der Waals surface area contributed by atoms with Crippen molar-refractivity contribution in [3.05, 3.63) is 42.1 Å². The Hall–Kier alpha value is -2.30. The van der Waals surface area contributed by atoms with Crippen molar-refractivity contribution in [2.45, 2.75) is 51.7 Å². The Labute approximate surface area is 136 Å². The summed E-state index contributed by atoms with van der Waals surface area (Å²) < 4.78 is 12.9. The van der Waals surface area contributed by atoms with Crippen molar-refractivity contribution >= 4 is 5.97 Å². The van der Waals surface area contributed by atoms with Gasteiger partial charge in [-0.3, -0.25) is 9.48 Å². The van der Waals surface area contributed by atoms with Crippen LogP contribution in [0, 0.1) is 0 Å². The van der Waals surface area contributed by atoms with Gasteiger partial charge in [-0.2, -0.15) is 0 Å². The molecule has 0 atom stereocenters. The number of nitrogens with zero attached hydrogens (tertiary/aromatic N) is 2. The van der Waals surface area contributed by atoms with Crippen LogP contribution in [0.15, 0.2) is 36.5 Å². The number of aromatic nitrogens is 2. The van der Waals surface area contributed by atoms with Crippen LogP contribution in [0.4, 0.5) is 0 Å². The van der Waals surface area contributed by atoms with E-state index in [0.717, 1.165) is 18.4 Å². The molecule has 1 saturated carbocycles. The van der Waals surface area contributed by atoms with Crippen molar-refractivity contribution < 1.29 is 14.3 Å². The van der Waals surface area contributed by atoms with E-state index < -0.39 is 0 Å². The number of ether oxygens (including phenoxy) is 2. The Kier molecular flexibility index (Phi) is 4.95. The molecule has 122 valence electrons. The van der Waals surface area contributed by atoms with E-state index in [1.165, 1.54) is 26.2 Å². The maximum atomic E-state index is 11.3. The van der Waals surface area contributed by atoms with E-state index in [1.54, 1.807) is 6.20 Å². The second-order valence-electron chi connectivity index (χ2n) is 5.94. The van der Waals surface area contributed by atoms with E-state index in [2.05, 4.69) is 5.10 Å². The van der Waals surface area contributed by atoms with Gasteiger partial charge >= 0.3 is 5.97 Å². The SMILES string of the molecule is CC(=O)Oc1cn(C2CCCCC2)nc1OCc1ccccc1. The molecule has 0 N–H and O–H groups in total. The molecule has 0 unspecified atom stereocenters. The Balaban J connectivity index is 1.75. The molecule has 1 heterocycles. The van der Waals surface area contributed by atoms with Crippen molar-refractivity contribution in [1.29, 1.82) is 0 Å². The smallest absolute Gasteiger partial charge is 0.308 e. The van der Waals surface area contributed by atoms with Gasteiger partial charge in [0.05, 0.1) is 12.2 Å². The average Bonchev–Trinajstić information content (AvgIpc) is 2.97. The zero-order valence-electron chi connectivity index (χ0n) is 13.4. The summed E-state index contributed by atoms with van der Waals surface area (Å²) in [5.74, 6) is 0.423. The van der Waals surface area contributed by atoms with Crippen molar-refractivity contribution in [2.75, 3.05) is 0 Å². The second kappa shape index (κ2) is 7.31. The number of esters is 1. The lowest BCUT2D eigenvalue weighted by atomic mass is 9.96. The van der Waals surface area contributed by atoms with Gasteiger partial charge < -0.3 is 9.47 Å². The topological polar surface area (TPSA) is 53.4 Å². The minimum Gasteiger partial charge on any atom is -0.469 e. The van der Waals surface area contributed by atoms with Gasteiger partial charge in [-0.1, -0.05) is 49.6 Å². The fraction of sp³-hybridized carbons (Fsp3) is 0.444. The van der Waals surface area contributed by atoms with Crippen LogP contribution in [-0.2, 0) is 11.4 Å². The molecule has 0 aliphatic heterocycles. The van der Waals surface area contributed by atoms with Crippen LogP contribution in [0.2, 0.25) is 0 Å². The summed E-state index contributed by atoms with van der Waals surface area (Å²) in [6.07, 6.45) is 7.73. The van der Waals surface area contributed by atoms with Crippen molar-refractivity contribution in [2.24, 2.45) is 0 Å². The first-order valence-corrected chi connectivity index (χ1v) is 8.16. The van der Waals surface area contributed by atoms with Crippen LogP contribution in [0.25, 0.3) is 0 Å². The molecule has 1 fully saturated rings. The van der Waals surface area contributed by atoms with Crippen molar-refractivity contribution in [1.82, 2.24) is 9.78 Å². The third-order valence-corrected chi connectivity index (χ3v) is 4.09. The maximum absolute atomic E-state index is 11.3. The molecule has 1 aromatic carbocycles. The second-order valence-corrected chi connectivity index (χ2v) is 5.94. The van der Waals surface area contributed by atoms with Gasteiger partial charge in [-0.25, -0.2) is 0 Å². The molecular weight excluding hydrogens is 292 g/mol. The van der Waals surface area contributed by atoms with Gasteiger partial charge in [-0.15, -0.1) is 5.10 Å². The highest BCUT2D eigenvalue weighted by atomic mass is 16.6. The number of carbonyl (C=O) groups excluding carboxylic acids is 1. The predicted octanol–water partition coefficient (Wildman–Crippen LogP) is 3.89. The van der Waals surface area contributed by atoms with Crippen LogP contribution >= 0.6 is 0 Å². The van der Waals surface area contributed by atoms with Crippen LogP contribution in [0.1, 0.15) is 50.6 Å². The van der Waals surface area contributed by atoms with Gasteiger partial charge in [-0.05, 0) is 18.4 Å². The number of carbonyl (C=O) groups is 1. The molecule has 0 bridgehead atoms. The first-order chi connectivity index (χ1) is 11.2. The normalized spacial score (nSPS) is 15.3. The van der Waals surface area contributed by atoms with Crippen LogP contribution in [0.5, 0.6) is 11.6 Å². The lowest BCUT2D eigenvalue weighted by molar-refractivity contribution is -0.132. The largest absolute Gasteiger partial charge is 0.469 e. The highest BCUT2D eigenvalue weighted by Crippen LogP contribution is 2.33. The van der Waals surface area contributed by atoms with Gasteiger partial charge in [0.25, 0.3) is 5.88 Å². The third-order valence-electron chi connectivity index (χ3n) is 4.09. The molecule has 0 spiro atoms. The van der Waals surface area contributed by atoms with Gasteiger partial charge in [0.15, 0.2) is 0 Å². The summed E-state index contributed by atoms with van der Waals surface area (Å²) in [6.45, 7) is 1.79. The lowest BCUT2D eigenvalue weighted by Crippen LogP contribution is -2.13. The van der Waals surface area contributed by atoms with Crippen LogP contribution in [-0.4, -0.2) is 15.7 Å². The summed E-state index contributed by atoms with van der Waals surface area (Å²) in [6, 6.07) is 10.2. The average molecular weight is 314 g/mol. The number of hydrogen-bond acceptors (Lipinski definition) is 4. The van der Waals surface area contributed by atoms with E-state index in [1.807, 2.05) is 35.0 Å². The summed E-state index contributed by atoms with van der Waals surface area (Å²) in [5, 5.41) is 4.52. The molecule has 3 rings (SSSR count). The van der Waals surface area contributed by atoms with Crippen molar-refractivity contribution in [3.8, 4) is 11.6 Å². The number of hydrogen-bond donors (Lipinski definition) is 0. The fourth-order valence-corrected chi connectivity index (χ4v) is 2.94. The monoisotopic (exact) mass is 314 g/mol. The summed E-state index contributed by atoms with van der Waals surface area (Å²) in [5.41, 5.74) is 1.05. The Morgan fingerprint density at radius 3 is 2.65 bits per heavy atom. The van der Waals surface area contributed by atoms with Gasteiger partial charge in [0.1, 0.15) is 6.61 Å². The van der Waals surface area contributed by atoms with E-state index >= 15 is 0 Å². The molecule has 5 nitrogen and oxygen atoms in total. The standard InChI is InChI=1S/C18H22N2O3/c1-14(21)23-17-12-20(16-10-6-3-7-11-16)19-18(17)22-13-15-8-4-2-5-9-15/h2,4-5,8-9,12,16H,3,6-7,10-11,13H2,1H3. The Morgan fingerprint density at radius 2 is 1.96 bits per heavy atom. The minimum absolute atomic E-state index is 0.363. The highest BCUT2D eigenvalue weighted by molar-refractivity contribution is 5.69. The molecule has 0 amide bonds. The summed E-state index contributed by atoms with van der Waals surface area (Å²) in [7, 11) is 0. The van der Waals surface area contributed by atoms with Crippen LogP contribution in [0.3, 0.4) is 0 Å². The molecule has 5 heteroatoms. The number of benzene rings is 1. The molecule has 0 saturated heterocycles. The predicted molar refractivity (Wildman–Crippen MR) is 86.4 cm³/mol. The molecule has 2 aromatic rings. The maximum Gasteiger partial charge on any atom is 0.308 e. The Morgan fingerprint density at radius 1 is 1.22 bits per heavy atom. The quantitative estimate of drug-likeness (QED) is 0.786. The molecule has 23 heavy (non-hydrogen) atoms. The van der Waals surface area contributed by atoms with E-state index in [9.17, 15) is 4.79 Å². The molecule has 0 radical (unpaired) electrons. The molecule has 1 aliphatic carbocycles. The van der Waals surface area contributed by atoms with Crippen molar-refractivity contribution in [3.63, 3.8) is 0 Å². The minimum atomic E-state index is -0.363. The van der Waals surface area contributed by atoms with Gasteiger partial charge in [0.2, 0.25) is 5.75 Å². The van der Waals surface area contributed by atoms with E-state index in [4.69, 9.17) is 9.47 Å². The fourth-order valence-electron chi connectivity index (χ4n) is 2.94. The summed E-state index contributed by atoms with van der Waals surface area (Å²) in [4.78, 5) is 11.3. The zero-order valence-corrected chi connectivity index (χ0v) is 13.4. The molecular formula is C18H22N2O3. The first-order valence-electron chi connectivity index (χ1n) is 8.16. The molecule has 1 aromatic heterocycles. The molecule has 1 aliphatic rings. The first kappa shape index (κ1) is 15.6. The van der Waals surface area contributed by atoms with E-state index in [0.29, 0.717) is 24.3 Å².